The van der Waals surface area contributed by atoms with Gasteiger partial charge in [0.05, 0.1) is 11.1 Å². The van der Waals surface area contributed by atoms with Crippen molar-refractivity contribution in [3.8, 4) is 5.75 Å². The summed E-state index contributed by atoms with van der Waals surface area (Å²) in [4.78, 5) is 36.2. The van der Waals surface area contributed by atoms with Gasteiger partial charge < -0.3 is 10.1 Å². The van der Waals surface area contributed by atoms with Gasteiger partial charge in [-0.15, -0.1) is 0 Å². The number of hydrazine groups is 1. The summed E-state index contributed by atoms with van der Waals surface area (Å²) >= 11 is 3.37. The van der Waals surface area contributed by atoms with E-state index < -0.39 is 11.8 Å². The van der Waals surface area contributed by atoms with Crippen LogP contribution in [0.3, 0.4) is 0 Å². The number of halogens is 1. The van der Waals surface area contributed by atoms with Gasteiger partial charge in [-0.3, -0.25) is 25.2 Å². The topological polar surface area (TPSA) is 96.5 Å². The average Bonchev–Trinajstić information content (AvgIpc) is 2.71. The number of hydrogen-bond donors (Lipinski definition) is 3. The van der Waals surface area contributed by atoms with Crippen LogP contribution in [-0.4, -0.2) is 24.3 Å². The van der Waals surface area contributed by atoms with E-state index in [1.165, 1.54) is 0 Å². The van der Waals surface area contributed by atoms with Crippen molar-refractivity contribution in [2.24, 2.45) is 0 Å². The zero-order valence-corrected chi connectivity index (χ0v) is 18.9. The number of benzene rings is 2. The quantitative estimate of drug-likeness (QED) is 0.502. The summed E-state index contributed by atoms with van der Waals surface area (Å²) < 4.78 is 6.19. The van der Waals surface area contributed by atoms with Crippen LogP contribution in [0.15, 0.2) is 40.9 Å². The number of hydrogen-bond acceptors (Lipinski definition) is 4. The summed E-state index contributed by atoms with van der Waals surface area (Å²) in [6.45, 7) is 6.47. The molecule has 2 aromatic rings. The van der Waals surface area contributed by atoms with E-state index >= 15 is 0 Å². The summed E-state index contributed by atoms with van der Waals surface area (Å²) in [5.41, 5.74) is 7.81. The van der Waals surface area contributed by atoms with Crippen molar-refractivity contribution in [3.63, 3.8) is 0 Å². The van der Waals surface area contributed by atoms with Crippen molar-refractivity contribution in [1.29, 1.82) is 0 Å². The third-order valence-corrected chi connectivity index (χ3v) is 4.83. The van der Waals surface area contributed by atoms with Gasteiger partial charge in [-0.05, 0) is 66.0 Å². The fraction of sp³-hybridized carbons (Fsp3) is 0.318. The Bertz CT molecular complexity index is 931. The fourth-order valence-corrected chi connectivity index (χ4v) is 3.12. The number of carbonyl (C=O) groups is 3. The Kier molecular flexibility index (Phi) is 8.86. The molecule has 2 aromatic carbocycles. The Morgan fingerprint density at radius 3 is 2.37 bits per heavy atom. The lowest BCUT2D eigenvalue weighted by Crippen LogP contribution is -2.41. The highest BCUT2D eigenvalue weighted by molar-refractivity contribution is 9.10. The zero-order valence-electron chi connectivity index (χ0n) is 17.3. The van der Waals surface area contributed by atoms with E-state index in [0.29, 0.717) is 22.4 Å². The molecule has 8 heteroatoms. The molecule has 0 radical (unpaired) electrons. The summed E-state index contributed by atoms with van der Waals surface area (Å²) in [6, 6.07) is 10.6. The van der Waals surface area contributed by atoms with Crippen molar-refractivity contribution in [2.45, 2.75) is 40.0 Å². The molecule has 0 atom stereocenters. The van der Waals surface area contributed by atoms with Gasteiger partial charge in [-0.1, -0.05) is 24.6 Å². The van der Waals surface area contributed by atoms with Gasteiger partial charge in [-0.2, -0.15) is 0 Å². The van der Waals surface area contributed by atoms with Crippen molar-refractivity contribution >= 4 is 39.3 Å². The van der Waals surface area contributed by atoms with E-state index in [-0.39, 0.29) is 18.7 Å². The summed E-state index contributed by atoms with van der Waals surface area (Å²) in [6.07, 6.45) is 0.831. The highest BCUT2D eigenvalue weighted by Crippen LogP contribution is 2.26. The highest BCUT2D eigenvalue weighted by Gasteiger charge is 2.12. The van der Waals surface area contributed by atoms with Crippen molar-refractivity contribution in [3.05, 3.63) is 57.6 Å². The van der Waals surface area contributed by atoms with Crippen LogP contribution in [0, 0.1) is 13.8 Å². The molecule has 160 valence electrons. The van der Waals surface area contributed by atoms with Gasteiger partial charge in [-0.25, -0.2) is 0 Å². The lowest BCUT2D eigenvalue weighted by atomic mass is 10.1. The molecule has 0 aliphatic carbocycles. The number of aryl methyl sites for hydroxylation is 2. The van der Waals surface area contributed by atoms with Gasteiger partial charge in [0.1, 0.15) is 5.75 Å². The van der Waals surface area contributed by atoms with E-state index in [2.05, 4.69) is 32.1 Å². The maximum atomic E-state index is 12.2. The van der Waals surface area contributed by atoms with Crippen LogP contribution < -0.4 is 20.9 Å². The van der Waals surface area contributed by atoms with Crippen molar-refractivity contribution in [2.75, 3.05) is 11.9 Å². The maximum Gasteiger partial charge on any atom is 0.269 e. The van der Waals surface area contributed by atoms with Gasteiger partial charge in [0.15, 0.2) is 0 Å². The minimum atomic E-state index is -0.467. The van der Waals surface area contributed by atoms with Gasteiger partial charge in [0.25, 0.3) is 5.91 Å². The van der Waals surface area contributed by atoms with E-state index in [9.17, 15) is 14.4 Å². The molecular formula is C22H26BrN3O4. The number of anilines is 1. The predicted molar refractivity (Wildman–Crippen MR) is 119 cm³/mol. The SMILES string of the molecule is CCCOc1ccc(C(=O)NNC(=O)CCC(=O)Nc2ccc(C)cc2C)cc1Br. The van der Waals surface area contributed by atoms with Crippen LogP contribution in [0.5, 0.6) is 5.75 Å². The molecule has 0 unspecified atom stereocenters. The molecule has 7 nitrogen and oxygen atoms in total. The fourth-order valence-electron chi connectivity index (χ4n) is 2.63. The highest BCUT2D eigenvalue weighted by atomic mass is 79.9. The van der Waals surface area contributed by atoms with Crippen molar-refractivity contribution < 1.29 is 19.1 Å². The first-order valence-corrected chi connectivity index (χ1v) is 10.5. The van der Waals surface area contributed by atoms with E-state index in [4.69, 9.17) is 4.74 Å². The number of rotatable bonds is 8. The molecular weight excluding hydrogens is 450 g/mol. The first-order valence-electron chi connectivity index (χ1n) is 9.68. The Morgan fingerprint density at radius 2 is 1.70 bits per heavy atom. The number of ether oxygens (including phenoxy) is 1. The third kappa shape index (κ3) is 7.18. The predicted octanol–water partition coefficient (Wildman–Crippen LogP) is 4.03. The van der Waals surface area contributed by atoms with Crippen LogP contribution in [0.25, 0.3) is 0 Å². The largest absolute Gasteiger partial charge is 0.492 e. The molecule has 0 aliphatic heterocycles. The van der Waals surface area contributed by atoms with Crippen LogP contribution in [0.4, 0.5) is 5.69 Å². The maximum absolute atomic E-state index is 12.2. The lowest BCUT2D eigenvalue weighted by Gasteiger charge is -2.11. The van der Waals surface area contributed by atoms with E-state index in [1.54, 1.807) is 18.2 Å². The van der Waals surface area contributed by atoms with Crippen molar-refractivity contribution in [1.82, 2.24) is 10.9 Å². The first kappa shape index (κ1) is 23.4. The number of nitrogens with one attached hydrogen (secondary N) is 3. The minimum absolute atomic E-state index is 0.00400. The average molecular weight is 476 g/mol. The molecule has 0 spiro atoms. The molecule has 0 bridgehead atoms. The monoisotopic (exact) mass is 475 g/mol. The third-order valence-electron chi connectivity index (χ3n) is 4.21. The molecule has 0 aromatic heterocycles. The van der Waals surface area contributed by atoms with Gasteiger partial charge in [0.2, 0.25) is 11.8 Å². The number of amides is 3. The van der Waals surface area contributed by atoms with E-state index in [1.807, 2.05) is 39.0 Å². The molecule has 2 rings (SSSR count). The normalized spacial score (nSPS) is 10.3. The summed E-state index contributed by atoms with van der Waals surface area (Å²) in [7, 11) is 0. The molecule has 30 heavy (non-hydrogen) atoms. The molecule has 0 saturated carbocycles. The minimum Gasteiger partial charge on any atom is -0.492 e. The number of carbonyl (C=O) groups excluding carboxylic acids is 3. The van der Waals surface area contributed by atoms with Crippen LogP contribution in [-0.2, 0) is 9.59 Å². The molecule has 3 N–H and O–H groups in total. The molecule has 0 fully saturated rings. The second-order valence-corrected chi connectivity index (χ2v) is 7.72. The van der Waals surface area contributed by atoms with Gasteiger partial charge in [0, 0.05) is 24.1 Å². The van der Waals surface area contributed by atoms with Gasteiger partial charge >= 0.3 is 0 Å². The van der Waals surface area contributed by atoms with Crippen LogP contribution >= 0.6 is 15.9 Å². The summed E-state index contributed by atoms with van der Waals surface area (Å²) in [5, 5.41) is 2.79. The first-order chi connectivity index (χ1) is 14.3. The Hall–Kier alpha value is -2.87. The second-order valence-electron chi connectivity index (χ2n) is 6.86. The lowest BCUT2D eigenvalue weighted by molar-refractivity contribution is -0.124. The Labute approximate surface area is 184 Å². The standard InChI is InChI=1S/C22H26BrN3O4/c1-4-11-30-19-8-6-16(13-17(19)23)22(29)26-25-21(28)10-9-20(27)24-18-7-5-14(2)12-15(18)3/h5-8,12-13H,4,9-11H2,1-3H3,(H,24,27)(H,25,28)(H,26,29). The van der Waals surface area contributed by atoms with Crippen LogP contribution in [0.1, 0.15) is 47.7 Å². The summed E-state index contributed by atoms with van der Waals surface area (Å²) in [5.74, 6) is -0.547. The molecule has 0 aliphatic rings. The molecule has 3 amide bonds. The molecule has 0 heterocycles. The smallest absolute Gasteiger partial charge is 0.269 e. The Morgan fingerprint density at radius 1 is 0.967 bits per heavy atom. The zero-order chi connectivity index (χ0) is 22.1. The Balaban J connectivity index is 1.77. The molecule has 0 saturated heterocycles. The van der Waals surface area contributed by atoms with E-state index in [0.717, 1.165) is 23.2 Å². The second kappa shape index (κ2) is 11.3. The van der Waals surface area contributed by atoms with Crippen LogP contribution in [0.2, 0.25) is 0 Å².